The molecule has 8 heteroatoms. The monoisotopic (exact) mass is 400 g/mol. The molecule has 1 saturated heterocycles. The number of hydrogen-bond donors (Lipinski definition) is 1. The lowest BCUT2D eigenvalue weighted by atomic mass is 10.1. The number of rotatable bonds is 6. The first-order chi connectivity index (χ1) is 13.2. The van der Waals surface area contributed by atoms with Crippen molar-refractivity contribution in [2.24, 2.45) is 0 Å². The molecule has 0 spiro atoms. The molecule has 0 saturated carbocycles. The molecule has 1 aliphatic heterocycles. The maximum absolute atomic E-state index is 12.1. The Morgan fingerprint density at radius 1 is 1.33 bits per heavy atom. The van der Waals surface area contributed by atoms with E-state index in [0.717, 1.165) is 45.9 Å². The molecule has 1 N–H and O–H groups in total. The molecule has 1 aliphatic rings. The Balaban J connectivity index is 1.48. The Bertz CT molecular complexity index is 940. The first kappa shape index (κ1) is 18.3. The summed E-state index contributed by atoms with van der Waals surface area (Å²) >= 11 is 2.98. The molecule has 1 fully saturated rings. The van der Waals surface area contributed by atoms with Crippen LogP contribution in [0.15, 0.2) is 35.4 Å². The van der Waals surface area contributed by atoms with Crippen LogP contribution in [-0.4, -0.2) is 46.1 Å². The van der Waals surface area contributed by atoms with Gasteiger partial charge in [-0.25, -0.2) is 4.98 Å². The van der Waals surface area contributed by atoms with Gasteiger partial charge in [-0.15, -0.1) is 21.5 Å². The van der Waals surface area contributed by atoms with Gasteiger partial charge < -0.3 is 10.1 Å². The van der Waals surface area contributed by atoms with Gasteiger partial charge in [-0.3, -0.25) is 4.79 Å². The third kappa shape index (κ3) is 4.28. The average molecular weight is 401 g/mol. The van der Waals surface area contributed by atoms with E-state index in [0.29, 0.717) is 11.6 Å². The molecule has 0 unspecified atom stereocenters. The number of aryl methyl sites for hydroxylation is 1. The fourth-order valence-electron chi connectivity index (χ4n) is 3.02. The van der Waals surface area contributed by atoms with Crippen LogP contribution in [0.25, 0.3) is 21.5 Å². The number of thiazole rings is 1. The Morgan fingerprint density at radius 3 is 2.96 bits per heavy atom. The van der Waals surface area contributed by atoms with Gasteiger partial charge in [0.2, 0.25) is 5.91 Å². The number of nitrogens with one attached hydrogen (secondary N) is 1. The van der Waals surface area contributed by atoms with Crippen LogP contribution in [0.5, 0.6) is 0 Å². The molecule has 6 nitrogen and oxygen atoms in total. The zero-order chi connectivity index (χ0) is 18.6. The van der Waals surface area contributed by atoms with E-state index in [1.807, 2.05) is 37.3 Å². The van der Waals surface area contributed by atoms with Gasteiger partial charge in [0.1, 0.15) is 16.2 Å². The number of carbonyl (C=O) groups excluding carboxylic acids is 1. The number of hydrogen-bond acceptors (Lipinski definition) is 7. The fraction of sp³-hybridized carbons (Fsp3) is 0.368. The van der Waals surface area contributed by atoms with Crippen LogP contribution in [0, 0.1) is 6.92 Å². The van der Waals surface area contributed by atoms with E-state index < -0.39 is 0 Å². The van der Waals surface area contributed by atoms with E-state index in [1.54, 1.807) is 11.3 Å². The molecular weight excluding hydrogens is 380 g/mol. The van der Waals surface area contributed by atoms with Crippen molar-refractivity contribution in [3.63, 3.8) is 0 Å². The van der Waals surface area contributed by atoms with Gasteiger partial charge in [0.05, 0.1) is 21.6 Å². The van der Waals surface area contributed by atoms with Crippen molar-refractivity contribution in [1.82, 2.24) is 20.5 Å². The molecular formula is C19H20N4O2S2. The summed E-state index contributed by atoms with van der Waals surface area (Å²) in [5.41, 5.74) is 2.68. The van der Waals surface area contributed by atoms with Crippen molar-refractivity contribution in [3.8, 4) is 11.3 Å². The minimum atomic E-state index is -0.0236. The summed E-state index contributed by atoms with van der Waals surface area (Å²) in [4.78, 5) is 16.8. The van der Waals surface area contributed by atoms with Crippen LogP contribution in [0.3, 0.4) is 0 Å². The molecule has 27 heavy (non-hydrogen) atoms. The van der Waals surface area contributed by atoms with Crippen molar-refractivity contribution in [1.29, 1.82) is 0 Å². The number of fused-ring (bicyclic) bond motifs is 1. The SMILES string of the molecule is Cc1nc2c(SCC(=O)NC[C@H]3CCCO3)nnc(-c3ccccc3)c2s1. The van der Waals surface area contributed by atoms with E-state index in [9.17, 15) is 4.79 Å². The molecule has 1 atom stereocenters. The molecule has 0 aliphatic carbocycles. The van der Waals surface area contributed by atoms with Crippen LogP contribution >= 0.6 is 23.1 Å². The maximum atomic E-state index is 12.1. The third-order valence-corrected chi connectivity index (χ3v) is 6.26. The summed E-state index contributed by atoms with van der Waals surface area (Å²) in [6.45, 7) is 3.34. The van der Waals surface area contributed by atoms with E-state index in [2.05, 4.69) is 20.5 Å². The standard InChI is InChI=1S/C19H20N4O2S2/c1-12-21-17-18(27-12)16(13-6-3-2-4-7-13)22-23-19(17)26-11-15(24)20-10-14-8-5-9-25-14/h2-4,6-7,14H,5,8-11H2,1H3,(H,20,24)/t14-/m1/s1. The maximum Gasteiger partial charge on any atom is 0.230 e. The fourth-order valence-corrected chi connectivity index (χ4v) is 4.76. The molecule has 0 bridgehead atoms. The highest BCUT2D eigenvalue weighted by Crippen LogP contribution is 2.35. The Labute approximate surface area is 165 Å². The second-order valence-electron chi connectivity index (χ2n) is 6.36. The van der Waals surface area contributed by atoms with Gasteiger partial charge in [0, 0.05) is 18.7 Å². The van der Waals surface area contributed by atoms with Crippen LogP contribution in [0.2, 0.25) is 0 Å². The van der Waals surface area contributed by atoms with Crippen molar-refractivity contribution in [2.45, 2.75) is 30.9 Å². The number of nitrogens with zero attached hydrogens (tertiary/aromatic N) is 3. The molecule has 2 aromatic heterocycles. The van der Waals surface area contributed by atoms with Crippen LogP contribution in [-0.2, 0) is 9.53 Å². The summed E-state index contributed by atoms with van der Waals surface area (Å²) in [6, 6.07) is 9.98. The highest BCUT2D eigenvalue weighted by molar-refractivity contribution is 8.00. The first-order valence-electron chi connectivity index (χ1n) is 8.91. The second kappa shape index (κ2) is 8.33. The predicted molar refractivity (Wildman–Crippen MR) is 108 cm³/mol. The average Bonchev–Trinajstić information content (AvgIpc) is 3.34. The van der Waals surface area contributed by atoms with Gasteiger partial charge in [0.15, 0.2) is 0 Å². The van der Waals surface area contributed by atoms with E-state index in [4.69, 9.17) is 4.74 Å². The summed E-state index contributed by atoms with van der Waals surface area (Å²) in [6.07, 6.45) is 2.23. The molecule has 1 aromatic carbocycles. The predicted octanol–water partition coefficient (Wildman–Crippen LogP) is 3.45. The van der Waals surface area contributed by atoms with Gasteiger partial charge >= 0.3 is 0 Å². The van der Waals surface area contributed by atoms with Crippen molar-refractivity contribution >= 4 is 39.2 Å². The second-order valence-corrected chi connectivity index (χ2v) is 8.53. The molecule has 140 valence electrons. The lowest BCUT2D eigenvalue weighted by Crippen LogP contribution is -2.32. The van der Waals surface area contributed by atoms with Crippen LogP contribution in [0.1, 0.15) is 17.8 Å². The minimum absolute atomic E-state index is 0.0236. The normalized spacial score (nSPS) is 16.7. The molecule has 0 radical (unpaired) electrons. The summed E-state index contributed by atoms with van der Waals surface area (Å²) in [7, 11) is 0. The molecule has 3 aromatic rings. The molecule has 3 heterocycles. The number of benzene rings is 1. The van der Waals surface area contributed by atoms with Crippen molar-refractivity contribution in [3.05, 3.63) is 35.3 Å². The zero-order valence-corrected chi connectivity index (χ0v) is 16.6. The van der Waals surface area contributed by atoms with E-state index in [-0.39, 0.29) is 17.8 Å². The summed E-state index contributed by atoms with van der Waals surface area (Å²) in [5, 5.41) is 13.4. The number of amides is 1. The van der Waals surface area contributed by atoms with E-state index >= 15 is 0 Å². The number of ether oxygens (including phenoxy) is 1. The van der Waals surface area contributed by atoms with E-state index in [1.165, 1.54) is 11.8 Å². The van der Waals surface area contributed by atoms with Crippen molar-refractivity contribution in [2.75, 3.05) is 18.9 Å². The largest absolute Gasteiger partial charge is 0.376 e. The highest BCUT2D eigenvalue weighted by atomic mass is 32.2. The Kier molecular flexibility index (Phi) is 5.66. The van der Waals surface area contributed by atoms with Crippen LogP contribution < -0.4 is 5.32 Å². The van der Waals surface area contributed by atoms with Gasteiger partial charge in [-0.1, -0.05) is 42.1 Å². The summed E-state index contributed by atoms with van der Waals surface area (Å²) < 4.78 is 6.54. The molecule has 1 amide bonds. The lowest BCUT2D eigenvalue weighted by Gasteiger charge is -2.10. The van der Waals surface area contributed by atoms with Gasteiger partial charge in [0.25, 0.3) is 0 Å². The number of thioether (sulfide) groups is 1. The Hall–Kier alpha value is -2.03. The van der Waals surface area contributed by atoms with Gasteiger partial charge in [-0.05, 0) is 19.8 Å². The number of carbonyl (C=O) groups is 1. The van der Waals surface area contributed by atoms with Crippen molar-refractivity contribution < 1.29 is 9.53 Å². The number of aromatic nitrogens is 3. The van der Waals surface area contributed by atoms with Crippen LogP contribution in [0.4, 0.5) is 0 Å². The zero-order valence-electron chi connectivity index (χ0n) is 15.0. The quantitative estimate of drug-likeness (QED) is 0.639. The topological polar surface area (TPSA) is 77.0 Å². The highest BCUT2D eigenvalue weighted by Gasteiger charge is 2.18. The minimum Gasteiger partial charge on any atom is -0.376 e. The third-order valence-electron chi connectivity index (χ3n) is 4.33. The molecule has 4 rings (SSSR count). The Morgan fingerprint density at radius 2 is 2.19 bits per heavy atom. The van der Waals surface area contributed by atoms with Gasteiger partial charge in [-0.2, -0.15) is 0 Å². The summed E-state index contributed by atoms with van der Waals surface area (Å²) in [5.74, 6) is 0.266. The first-order valence-corrected chi connectivity index (χ1v) is 10.7. The smallest absolute Gasteiger partial charge is 0.230 e. The lowest BCUT2D eigenvalue weighted by molar-refractivity contribution is -0.119.